The molecule has 7 nitrogen and oxygen atoms in total. The molecule has 0 amide bonds. The van der Waals surface area contributed by atoms with Crippen LogP contribution in [0.25, 0.3) is 11.0 Å². The fourth-order valence-corrected chi connectivity index (χ4v) is 3.61. The molecule has 1 saturated heterocycles. The smallest absolute Gasteiger partial charge is 0.365 e. The van der Waals surface area contributed by atoms with Gasteiger partial charge in [0.05, 0.1) is 11.5 Å². The molecule has 1 aliphatic heterocycles. The Bertz CT molecular complexity index is 1110. The van der Waals surface area contributed by atoms with E-state index in [0.717, 1.165) is 6.20 Å². The molecular formula is C20H18F6N6O. The summed E-state index contributed by atoms with van der Waals surface area (Å²) >= 11 is 0. The highest BCUT2D eigenvalue weighted by atomic mass is 19.4. The van der Waals surface area contributed by atoms with Crippen molar-refractivity contribution in [1.82, 2.24) is 19.9 Å². The van der Waals surface area contributed by atoms with Gasteiger partial charge in [0.25, 0.3) is 0 Å². The van der Waals surface area contributed by atoms with Crippen molar-refractivity contribution < 1.29 is 31.1 Å². The summed E-state index contributed by atoms with van der Waals surface area (Å²) in [5.41, 5.74) is -0.755. The highest BCUT2D eigenvalue weighted by Gasteiger charge is 2.36. The van der Waals surface area contributed by atoms with Gasteiger partial charge in [-0.15, -0.1) is 13.2 Å². The van der Waals surface area contributed by atoms with E-state index in [1.165, 1.54) is 18.3 Å². The first-order chi connectivity index (χ1) is 15.6. The number of fused-ring (bicyclic) bond motifs is 1. The monoisotopic (exact) mass is 472 g/mol. The standard InChI is InChI=1S/C20H18F6N6O/c21-19(22,23)15-12(3-1-7-27-15)11-29-17-14-4-2-8-28-16(14)30-18(31-17)32-9-5-13(6-10-32)33-20(24,25)26/h1-4,7-8,13H,5-6,9-11H2,(H,28,29,30,31). The Morgan fingerprint density at radius 1 is 0.970 bits per heavy atom. The SMILES string of the molecule is FC(F)(F)OC1CCN(c2nc(NCc3cccnc3C(F)(F)F)c3cccnc3n2)CC1. The second-order valence-corrected chi connectivity index (χ2v) is 7.36. The maximum Gasteiger partial charge on any atom is 0.522 e. The van der Waals surface area contributed by atoms with E-state index >= 15 is 0 Å². The van der Waals surface area contributed by atoms with Crippen molar-refractivity contribution in [3.8, 4) is 0 Å². The van der Waals surface area contributed by atoms with Gasteiger partial charge >= 0.3 is 12.5 Å². The normalized spacial score (nSPS) is 15.8. The van der Waals surface area contributed by atoms with Crippen molar-refractivity contribution in [2.75, 3.05) is 23.3 Å². The number of anilines is 2. The molecule has 0 bridgehead atoms. The van der Waals surface area contributed by atoms with Gasteiger partial charge in [0.15, 0.2) is 5.65 Å². The summed E-state index contributed by atoms with van der Waals surface area (Å²) in [7, 11) is 0. The first-order valence-corrected chi connectivity index (χ1v) is 9.97. The Kier molecular flexibility index (Phi) is 6.23. The summed E-state index contributed by atoms with van der Waals surface area (Å²) in [6, 6.07) is 6.04. The van der Waals surface area contributed by atoms with Crippen LogP contribution in [0.2, 0.25) is 0 Å². The molecule has 0 spiro atoms. The molecule has 0 aliphatic carbocycles. The number of nitrogens with zero attached hydrogens (tertiary/aromatic N) is 5. The molecule has 0 saturated carbocycles. The number of hydrogen-bond acceptors (Lipinski definition) is 7. The van der Waals surface area contributed by atoms with Gasteiger partial charge in [-0.25, -0.2) is 4.98 Å². The number of rotatable bonds is 5. The van der Waals surface area contributed by atoms with Crippen LogP contribution < -0.4 is 10.2 Å². The molecule has 1 fully saturated rings. The van der Waals surface area contributed by atoms with E-state index in [9.17, 15) is 26.3 Å². The molecule has 33 heavy (non-hydrogen) atoms. The van der Waals surface area contributed by atoms with E-state index < -0.39 is 24.3 Å². The summed E-state index contributed by atoms with van der Waals surface area (Å²) < 4.78 is 81.2. The van der Waals surface area contributed by atoms with Crippen LogP contribution in [0.1, 0.15) is 24.1 Å². The van der Waals surface area contributed by atoms with Gasteiger partial charge in [-0.05, 0) is 31.0 Å². The molecule has 1 N–H and O–H groups in total. The maximum absolute atomic E-state index is 13.3. The van der Waals surface area contributed by atoms with Gasteiger partial charge in [-0.1, -0.05) is 6.07 Å². The van der Waals surface area contributed by atoms with Crippen LogP contribution >= 0.6 is 0 Å². The van der Waals surface area contributed by atoms with Gasteiger partial charge in [0, 0.05) is 37.6 Å². The van der Waals surface area contributed by atoms with E-state index in [2.05, 4.69) is 30.0 Å². The number of hydrogen-bond donors (Lipinski definition) is 1. The number of aromatic nitrogens is 4. The van der Waals surface area contributed by atoms with Gasteiger partial charge in [-0.3, -0.25) is 9.72 Å². The quantitative estimate of drug-likeness (QED) is 0.546. The van der Waals surface area contributed by atoms with Gasteiger partial charge in [-0.2, -0.15) is 23.1 Å². The summed E-state index contributed by atoms with van der Waals surface area (Å²) in [6.07, 6.45) is -7.44. The molecule has 4 heterocycles. The number of ether oxygens (including phenoxy) is 1. The summed E-state index contributed by atoms with van der Waals surface area (Å²) in [5, 5.41) is 3.40. The van der Waals surface area contributed by atoms with E-state index in [0.29, 0.717) is 11.0 Å². The Hall–Kier alpha value is -3.22. The summed E-state index contributed by atoms with van der Waals surface area (Å²) in [5.74, 6) is 0.477. The van der Waals surface area contributed by atoms with Crippen LogP contribution in [0, 0.1) is 0 Å². The van der Waals surface area contributed by atoms with E-state index in [4.69, 9.17) is 0 Å². The Morgan fingerprint density at radius 2 is 1.67 bits per heavy atom. The highest BCUT2D eigenvalue weighted by Crippen LogP contribution is 2.31. The Balaban J connectivity index is 1.56. The van der Waals surface area contributed by atoms with Crippen molar-refractivity contribution in [1.29, 1.82) is 0 Å². The van der Waals surface area contributed by atoms with E-state index in [1.54, 1.807) is 17.0 Å². The average molecular weight is 472 g/mol. The zero-order chi connectivity index (χ0) is 23.6. The lowest BCUT2D eigenvalue weighted by Gasteiger charge is -2.32. The van der Waals surface area contributed by atoms with Gasteiger partial charge < -0.3 is 10.2 Å². The lowest BCUT2D eigenvalue weighted by atomic mass is 10.1. The number of alkyl halides is 6. The van der Waals surface area contributed by atoms with Crippen molar-refractivity contribution in [3.63, 3.8) is 0 Å². The molecule has 3 aromatic rings. The van der Waals surface area contributed by atoms with Gasteiger partial charge in [0.2, 0.25) is 5.95 Å². The van der Waals surface area contributed by atoms with Crippen molar-refractivity contribution >= 4 is 22.8 Å². The van der Waals surface area contributed by atoms with Gasteiger partial charge in [0.1, 0.15) is 11.5 Å². The highest BCUT2D eigenvalue weighted by molar-refractivity contribution is 5.87. The van der Waals surface area contributed by atoms with Crippen LogP contribution in [0.5, 0.6) is 0 Å². The predicted octanol–water partition coefficient (Wildman–Crippen LogP) is 4.56. The molecule has 0 radical (unpaired) electrons. The van der Waals surface area contributed by atoms with Crippen molar-refractivity contribution in [3.05, 3.63) is 47.9 Å². The topological polar surface area (TPSA) is 76.1 Å². The summed E-state index contributed by atoms with van der Waals surface area (Å²) in [6.45, 7) is 0.239. The third kappa shape index (κ3) is 5.59. The molecule has 0 unspecified atom stereocenters. The maximum atomic E-state index is 13.3. The van der Waals surface area contributed by atoms with E-state index in [1.807, 2.05) is 0 Å². The first-order valence-electron chi connectivity index (χ1n) is 9.97. The third-order valence-corrected chi connectivity index (χ3v) is 5.09. The molecule has 0 atom stereocenters. The second kappa shape index (κ2) is 8.96. The number of pyridine rings is 2. The number of piperidine rings is 1. The minimum Gasteiger partial charge on any atom is -0.365 e. The van der Waals surface area contributed by atoms with Crippen LogP contribution in [-0.4, -0.2) is 45.5 Å². The summed E-state index contributed by atoms with van der Waals surface area (Å²) in [4.78, 5) is 18.1. The van der Waals surface area contributed by atoms with Crippen LogP contribution in [0.4, 0.5) is 38.1 Å². The van der Waals surface area contributed by atoms with Crippen LogP contribution in [0.15, 0.2) is 36.7 Å². The predicted molar refractivity (Wildman–Crippen MR) is 106 cm³/mol. The number of nitrogens with one attached hydrogen (secondary N) is 1. The van der Waals surface area contributed by atoms with Crippen molar-refractivity contribution in [2.45, 2.75) is 38.0 Å². The Labute approximate surface area is 183 Å². The lowest BCUT2D eigenvalue weighted by molar-refractivity contribution is -0.344. The average Bonchev–Trinajstić information content (AvgIpc) is 2.76. The molecule has 176 valence electrons. The fraction of sp³-hybridized carbons (Fsp3) is 0.400. The Morgan fingerprint density at radius 3 is 2.36 bits per heavy atom. The number of halogens is 6. The second-order valence-electron chi connectivity index (χ2n) is 7.36. The minimum atomic E-state index is -4.70. The zero-order valence-electron chi connectivity index (χ0n) is 17.0. The van der Waals surface area contributed by atoms with E-state index in [-0.39, 0.29) is 49.8 Å². The minimum absolute atomic E-state index is 0.0627. The fourth-order valence-electron chi connectivity index (χ4n) is 3.61. The van der Waals surface area contributed by atoms with Crippen LogP contribution in [-0.2, 0) is 17.5 Å². The largest absolute Gasteiger partial charge is 0.522 e. The molecular weight excluding hydrogens is 454 g/mol. The first kappa shape index (κ1) is 23.0. The van der Waals surface area contributed by atoms with Crippen LogP contribution in [0.3, 0.4) is 0 Å². The van der Waals surface area contributed by atoms with Crippen molar-refractivity contribution in [2.24, 2.45) is 0 Å². The molecule has 13 heteroatoms. The zero-order valence-corrected chi connectivity index (χ0v) is 17.0. The third-order valence-electron chi connectivity index (χ3n) is 5.09. The molecule has 4 rings (SSSR count). The molecule has 3 aromatic heterocycles. The lowest BCUT2D eigenvalue weighted by Crippen LogP contribution is -2.40. The molecule has 1 aliphatic rings. The molecule has 0 aromatic carbocycles.